The Morgan fingerprint density at radius 2 is 2.17 bits per heavy atom. The zero-order valence-corrected chi connectivity index (χ0v) is 10.1. The van der Waals surface area contributed by atoms with Gasteiger partial charge < -0.3 is 10.5 Å². The third kappa shape index (κ3) is 3.05. The van der Waals surface area contributed by atoms with Crippen molar-refractivity contribution in [2.75, 3.05) is 0 Å². The summed E-state index contributed by atoms with van der Waals surface area (Å²) in [5.41, 5.74) is 6.50. The summed E-state index contributed by atoms with van der Waals surface area (Å²) in [7, 11) is 0. The normalized spacial score (nSPS) is 12.2. The second-order valence-corrected chi connectivity index (χ2v) is 4.20. The number of hydrogen-bond donors (Lipinski definition) is 1. The van der Waals surface area contributed by atoms with Crippen LogP contribution in [0, 0.1) is 5.82 Å². The Morgan fingerprint density at radius 1 is 1.33 bits per heavy atom. The number of nitrogens with zero attached hydrogens (tertiary/aromatic N) is 1. The average Bonchev–Trinajstić information content (AvgIpc) is 2.34. The molecule has 1 aromatic carbocycles. The van der Waals surface area contributed by atoms with Gasteiger partial charge in [0.15, 0.2) is 11.6 Å². The lowest BCUT2D eigenvalue weighted by molar-refractivity contribution is 0.433. The minimum Gasteiger partial charge on any atom is -0.452 e. The van der Waals surface area contributed by atoms with Crippen LogP contribution in [0.3, 0.4) is 0 Å². The molecule has 0 spiro atoms. The van der Waals surface area contributed by atoms with Gasteiger partial charge in [-0.2, -0.15) is 0 Å². The average molecular weight is 246 g/mol. The van der Waals surface area contributed by atoms with Crippen molar-refractivity contribution in [3.05, 3.63) is 54.1 Å². The van der Waals surface area contributed by atoms with Crippen molar-refractivity contribution in [3.63, 3.8) is 0 Å². The molecule has 1 unspecified atom stereocenters. The van der Waals surface area contributed by atoms with E-state index >= 15 is 0 Å². The van der Waals surface area contributed by atoms with Crippen molar-refractivity contribution in [1.82, 2.24) is 4.98 Å². The molecular formula is C14H15FN2O. The van der Waals surface area contributed by atoms with Crippen molar-refractivity contribution >= 4 is 0 Å². The minimum absolute atomic E-state index is 0.0527. The maximum Gasteiger partial charge on any atom is 0.166 e. The van der Waals surface area contributed by atoms with Crippen molar-refractivity contribution in [2.45, 2.75) is 19.4 Å². The topological polar surface area (TPSA) is 48.1 Å². The van der Waals surface area contributed by atoms with Crippen LogP contribution in [-0.2, 0) is 6.42 Å². The van der Waals surface area contributed by atoms with Crippen LogP contribution in [0.5, 0.6) is 11.5 Å². The molecule has 18 heavy (non-hydrogen) atoms. The molecule has 0 saturated heterocycles. The van der Waals surface area contributed by atoms with E-state index in [0.29, 0.717) is 12.2 Å². The number of benzene rings is 1. The highest BCUT2D eigenvalue weighted by Gasteiger charge is 2.12. The molecule has 0 saturated carbocycles. The third-order valence-electron chi connectivity index (χ3n) is 2.44. The predicted octanol–water partition coefficient (Wildman–Crippen LogP) is 2.90. The van der Waals surface area contributed by atoms with E-state index in [9.17, 15) is 4.39 Å². The van der Waals surface area contributed by atoms with Crippen LogP contribution < -0.4 is 10.5 Å². The molecule has 0 amide bonds. The van der Waals surface area contributed by atoms with Crippen LogP contribution in [0.1, 0.15) is 12.5 Å². The van der Waals surface area contributed by atoms with Crippen LogP contribution >= 0.6 is 0 Å². The molecular weight excluding hydrogens is 231 g/mol. The van der Waals surface area contributed by atoms with Crippen LogP contribution in [0.4, 0.5) is 4.39 Å². The van der Waals surface area contributed by atoms with E-state index in [-0.39, 0.29) is 11.8 Å². The predicted molar refractivity (Wildman–Crippen MR) is 68.1 cm³/mol. The van der Waals surface area contributed by atoms with Crippen LogP contribution in [-0.4, -0.2) is 11.0 Å². The molecule has 2 aromatic rings. The lowest BCUT2D eigenvalue weighted by Gasteiger charge is -2.13. The second-order valence-electron chi connectivity index (χ2n) is 4.20. The molecule has 1 aromatic heterocycles. The Labute approximate surface area is 105 Å². The second kappa shape index (κ2) is 5.60. The van der Waals surface area contributed by atoms with Gasteiger partial charge in [0.25, 0.3) is 0 Å². The molecule has 1 atom stereocenters. The van der Waals surface area contributed by atoms with E-state index in [0.717, 1.165) is 5.56 Å². The Hall–Kier alpha value is -1.94. The number of rotatable bonds is 4. The first-order valence-electron chi connectivity index (χ1n) is 5.77. The van der Waals surface area contributed by atoms with E-state index in [1.807, 2.05) is 13.0 Å². The zero-order valence-electron chi connectivity index (χ0n) is 10.1. The molecule has 0 aliphatic rings. The van der Waals surface area contributed by atoms with Gasteiger partial charge in [-0.05, 0) is 37.1 Å². The zero-order chi connectivity index (χ0) is 13.0. The molecule has 4 heteroatoms. The molecule has 0 fully saturated rings. The minimum atomic E-state index is -0.392. The van der Waals surface area contributed by atoms with Crippen molar-refractivity contribution in [3.8, 4) is 11.5 Å². The quantitative estimate of drug-likeness (QED) is 0.902. The van der Waals surface area contributed by atoms with Crippen LogP contribution in [0.15, 0.2) is 42.7 Å². The fourth-order valence-electron chi connectivity index (χ4n) is 1.70. The summed E-state index contributed by atoms with van der Waals surface area (Å²) in [5.74, 6) is 0.341. The van der Waals surface area contributed by atoms with E-state index < -0.39 is 5.82 Å². The van der Waals surface area contributed by atoms with Gasteiger partial charge >= 0.3 is 0 Å². The number of nitrogens with two attached hydrogens (primary N) is 1. The fraction of sp³-hybridized carbons (Fsp3) is 0.214. The molecule has 0 radical (unpaired) electrons. The van der Waals surface area contributed by atoms with E-state index in [1.54, 1.807) is 30.6 Å². The summed E-state index contributed by atoms with van der Waals surface area (Å²) in [6.07, 6.45) is 3.74. The lowest BCUT2D eigenvalue weighted by Crippen LogP contribution is -2.18. The smallest absolute Gasteiger partial charge is 0.166 e. The number of halogens is 1. The van der Waals surface area contributed by atoms with Crippen molar-refractivity contribution < 1.29 is 9.13 Å². The molecule has 3 nitrogen and oxygen atoms in total. The Bertz CT molecular complexity index is 514. The number of para-hydroxylation sites is 1. The van der Waals surface area contributed by atoms with Gasteiger partial charge in [0, 0.05) is 12.2 Å². The van der Waals surface area contributed by atoms with E-state index in [2.05, 4.69) is 4.98 Å². The first-order valence-corrected chi connectivity index (χ1v) is 5.77. The molecule has 0 aliphatic carbocycles. The highest BCUT2D eigenvalue weighted by Crippen LogP contribution is 2.28. The molecule has 2 N–H and O–H groups in total. The van der Waals surface area contributed by atoms with Gasteiger partial charge in [0.1, 0.15) is 5.75 Å². The highest BCUT2D eigenvalue weighted by molar-refractivity contribution is 5.38. The molecule has 0 aliphatic heterocycles. The fourth-order valence-corrected chi connectivity index (χ4v) is 1.70. The molecule has 0 bridgehead atoms. The first-order chi connectivity index (χ1) is 8.66. The van der Waals surface area contributed by atoms with Crippen LogP contribution in [0.25, 0.3) is 0 Å². The van der Waals surface area contributed by atoms with Gasteiger partial charge in [-0.15, -0.1) is 0 Å². The van der Waals surface area contributed by atoms with E-state index in [4.69, 9.17) is 10.5 Å². The first kappa shape index (κ1) is 12.5. The van der Waals surface area contributed by atoms with Crippen molar-refractivity contribution in [1.29, 1.82) is 0 Å². The largest absolute Gasteiger partial charge is 0.452 e. The van der Waals surface area contributed by atoms with Crippen molar-refractivity contribution in [2.24, 2.45) is 5.73 Å². The molecule has 2 rings (SSSR count). The van der Waals surface area contributed by atoms with Crippen LogP contribution in [0.2, 0.25) is 0 Å². The third-order valence-corrected chi connectivity index (χ3v) is 2.44. The highest BCUT2D eigenvalue weighted by atomic mass is 19.1. The number of aromatic nitrogens is 1. The maximum atomic E-state index is 13.8. The summed E-state index contributed by atoms with van der Waals surface area (Å²) >= 11 is 0. The van der Waals surface area contributed by atoms with Gasteiger partial charge in [0.05, 0.1) is 6.20 Å². The summed E-state index contributed by atoms with van der Waals surface area (Å²) in [5, 5.41) is 0. The number of ether oxygens (including phenoxy) is 1. The maximum absolute atomic E-state index is 13.8. The monoisotopic (exact) mass is 246 g/mol. The Balaban J connectivity index is 2.31. The number of hydrogen-bond acceptors (Lipinski definition) is 3. The summed E-state index contributed by atoms with van der Waals surface area (Å²) in [6, 6.07) is 8.26. The van der Waals surface area contributed by atoms with Gasteiger partial charge in [0.2, 0.25) is 0 Å². The van der Waals surface area contributed by atoms with Gasteiger partial charge in [-0.1, -0.05) is 12.1 Å². The Kier molecular flexibility index (Phi) is 3.89. The van der Waals surface area contributed by atoms with Gasteiger partial charge in [-0.3, -0.25) is 4.98 Å². The molecule has 94 valence electrons. The summed E-state index contributed by atoms with van der Waals surface area (Å²) in [4.78, 5) is 3.93. The standard InChI is InChI=1S/C14H15FN2O/c1-10(16)8-11-4-2-6-13(15)14(11)18-12-5-3-7-17-9-12/h2-7,9-10H,8,16H2,1H3. The SMILES string of the molecule is CC(N)Cc1cccc(F)c1Oc1cccnc1. The van der Waals surface area contributed by atoms with E-state index in [1.165, 1.54) is 6.07 Å². The van der Waals surface area contributed by atoms with Gasteiger partial charge in [-0.25, -0.2) is 4.39 Å². The Morgan fingerprint density at radius 3 is 2.83 bits per heavy atom. The summed E-state index contributed by atoms with van der Waals surface area (Å²) < 4.78 is 19.3. The molecule has 1 heterocycles. The number of pyridine rings is 1. The summed E-state index contributed by atoms with van der Waals surface area (Å²) in [6.45, 7) is 1.87. The lowest BCUT2D eigenvalue weighted by atomic mass is 10.1.